The number of aromatic nitrogens is 2. The highest BCUT2D eigenvalue weighted by Crippen LogP contribution is 2.30. The molecule has 5 heteroatoms. The molecule has 0 saturated carbocycles. The van der Waals surface area contributed by atoms with Crippen LogP contribution in [0.5, 0.6) is 0 Å². The molecule has 23 heavy (non-hydrogen) atoms. The highest BCUT2D eigenvalue weighted by Gasteiger charge is 2.35. The van der Waals surface area contributed by atoms with Crippen LogP contribution >= 0.6 is 0 Å². The third-order valence-corrected chi connectivity index (χ3v) is 4.13. The molecule has 0 N–H and O–H groups in total. The molecule has 1 fully saturated rings. The Labute approximate surface area is 136 Å². The molecule has 1 aromatic heterocycles. The van der Waals surface area contributed by atoms with Crippen molar-refractivity contribution in [1.29, 1.82) is 0 Å². The Kier molecular flexibility index (Phi) is 3.96. The number of hydrogen-bond donors (Lipinski definition) is 0. The van der Waals surface area contributed by atoms with Crippen molar-refractivity contribution in [2.45, 2.75) is 52.0 Å². The van der Waals surface area contributed by atoms with E-state index in [-0.39, 0.29) is 17.2 Å². The van der Waals surface area contributed by atoms with Crippen LogP contribution in [0.15, 0.2) is 28.8 Å². The van der Waals surface area contributed by atoms with Gasteiger partial charge in [0.1, 0.15) is 0 Å². The molecule has 0 aliphatic carbocycles. The van der Waals surface area contributed by atoms with Gasteiger partial charge in [-0.05, 0) is 12.5 Å². The maximum absolute atomic E-state index is 12.3. The van der Waals surface area contributed by atoms with Gasteiger partial charge < -0.3 is 9.42 Å². The van der Waals surface area contributed by atoms with Gasteiger partial charge in [-0.25, -0.2) is 0 Å². The number of hydrogen-bond acceptors (Lipinski definition) is 4. The SMILES string of the molecule is Cc1cccc(CN2CC(c3nc(C(C)(C)C)no3)CC2=O)c1. The highest BCUT2D eigenvalue weighted by molar-refractivity contribution is 5.79. The second kappa shape index (κ2) is 5.80. The van der Waals surface area contributed by atoms with Gasteiger partial charge in [-0.15, -0.1) is 0 Å². The van der Waals surface area contributed by atoms with Gasteiger partial charge in [-0.2, -0.15) is 4.98 Å². The second-order valence-corrected chi connectivity index (χ2v) is 7.37. The van der Waals surface area contributed by atoms with Gasteiger partial charge in [0.2, 0.25) is 11.8 Å². The van der Waals surface area contributed by atoms with Crippen molar-refractivity contribution in [2.24, 2.45) is 0 Å². The minimum Gasteiger partial charge on any atom is -0.339 e. The highest BCUT2D eigenvalue weighted by atomic mass is 16.5. The maximum atomic E-state index is 12.3. The molecular formula is C18H23N3O2. The van der Waals surface area contributed by atoms with Gasteiger partial charge in [0.15, 0.2) is 5.82 Å². The zero-order valence-electron chi connectivity index (χ0n) is 14.2. The Morgan fingerprint density at radius 3 is 2.78 bits per heavy atom. The number of rotatable bonds is 3. The van der Waals surface area contributed by atoms with Crippen molar-refractivity contribution >= 4 is 5.91 Å². The average Bonchev–Trinajstić information content (AvgIpc) is 3.06. The van der Waals surface area contributed by atoms with Crippen LogP contribution in [-0.4, -0.2) is 27.5 Å². The van der Waals surface area contributed by atoms with Crippen molar-refractivity contribution in [3.05, 3.63) is 47.1 Å². The first kappa shape index (κ1) is 15.7. The van der Waals surface area contributed by atoms with E-state index in [1.54, 1.807) is 0 Å². The zero-order valence-corrected chi connectivity index (χ0v) is 14.2. The smallest absolute Gasteiger partial charge is 0.232 e. The number of carbonyl (C=O) groups excluding carboxylic acids is 1. The third kappa shape index (κ3) is 3.44. The molecule has 5 nitrogen and oxygen atoms in total. The molecule has 2 aromatic rings. The van der Waals surface area contributed by atoms with E-state index in [2.05, 4.69) is 35.3 Å². The first-order chi connectivity index (χ1) is 10.8. The molecule has 3 rings (SSSR count). The minimum absolute atomic E-state index is 0.00379. The first-order valence-electron chi connectivity index (χ1n) is 8.00. The monoisotopic (exact) mass is 313 g/mol. The summed E-state index contributed by atoms with van der Waals surface area (Å²) in [6, 6.07) is 8.25. The third-order valence-electron chi connectivity index (χ3n) is 4.13. The van der Waals surface area contributed by atoms with Crippen LogP contribution in [0, 0.1) is 6.92 Å². The van der Waals surface area contributed by atoms with Crippen molar-refractivity contribution < 1.29 is 9.32 Å². The molecule has 1 saturated heterocycles. The van der Waals surface area contributed by atoms with Gasteiger partial charge >= 0.3 is 0 Å². The van der Waals surface area contributed by atoms with E-state index in [4.69, 9.17) is 4.52 Å². The molecule has 1 unspecified atom stereocenters. The van der Waals surface area contributed by atoms with Crippen LogP contribution in [0.2, 0.25) is 0 Å². The summed E-state index contributed by atoms with van der Waals surface area (Å²) in [5.41, 5.74) is 2.21. The molecule has 2 heterocycles. The fourth-order valence-corrected chi connectivity index (χ4v) is 2.83. The van der Waals surface area contributed by atoms with Gasteiger partial charge in [-0.3, -0.25) is 4.79 Å². The number of carbonyl (C=O) groups is 1. The molecule has 0 radical (unpaired) electrons. The fourth-order valence-electron chi connectivity index (χ4n) is 2.83. The van der Waals surface area contributed by atoms with Gasteiger partial charge in [0.05, 0.1) is 5.92 Å². The van der Waals surface area contributed by atoms with Gasteiger partial charge in [-0.1, -0.05) is 55.8 Å². The van der Waals surface area contributed by atoms with Gasteiger partial charge in [0, 0.05) is 24.9 Å². The van der Waals surface area contributed by atoms with E-state index in [0.29, 0.717) is 31.2 Å². The number of aryl methyl sites for hydroxylation is 1. The Balaban J connectivity index is 1.71. The summed E-state index contributed by atoms with van der Waals surface area (Å²) in [7, 11) is 0. The Bertz CT molecular complexity index is 715. The number of amides is 1. The molecule has 1 aliphatic heterocycles. The number of likely N-dealkylation sites (tertiary alicyclic amines) is 1. The lowest BCUT2D eigenvalue weighted by molar-refractivity contribution is -0.128. The Morgan fingerprint density at radius 2 is 2.13 bits per heavy atom. The van der Waals surface area contributed by atoms with Gasteiger partial charge in [0.25, 0.3) is 0 Å². The molecule has 1 amide bonds. The zero-order chi connectivity index (χ0) is 16.6. The standard InChI is InChI=1S/C18H23N3O2/c1-12-6-5-7-13(8-12)10-21-11-14(9-15(21)22)16-19-17(20-23-16)18(2,3)4/h5-8,14H,9-11H2,1-4H3. The summed E-state index contributed by atoms with van der Waals surface area (Å²) >= 11 is 0. The summed E-state index contributed by atoms with van der Waals surface area (Å²) < 4.78 is 5.40. The second-order valence-electron chi connectivity index (χ2n) is 7.37. The van der Waals surface area contributed by atoms with Crippen LogP contribution < -0.4 is 0 Å². The van der Waals surface area contributed by atoms with Crippen LogP contribution in [-0.2, 0) is 16.8 Å². The summed E-state index contributed by atoms with van der Waals surface area (Å²) in [6.07, 6.45) is 0.442. The van der Waals surface area contributed by atoms with Crippen LogP contribution in [0.3, 0.4) is 0 Å². The summed E-state index contributed by atoms with van der Waals surface area (Å²) in [6.45, 7) is 9.48. The van der Waals surface area contributed by atoms with Crippen LogP contribution in [0.1, 0.15) is 56.0 Å². The quantitative estimate of drug-likeness (QED) is 0.873. The lowest BCUT2D eigenvalue weighted by Crippen LogP contribution is -2.24. The lowest BCUT2D eigenvalue weighted by Gasteiger charge is -2.16. The van der Waals surface area contributed by atoms with Crippen molar-refractivity contribution in [3.8, 4) is 0 Å². The van der Waals surface area contributed by atoms with Crippen LogP contribution in [0.25, 0.3) is 0 Å². The normalized spacial score (nSPS) is 18.7. The van der Waals surface area contributed by atoms with Crippen molar-refractivity contribution in [2.75, 3.05) is 6.54 Å². The van der Waals surface area contributed by atoms with E-state index in [1.165, 1.54) is 5.56 Å². The van der Waals surface area contributed by atoms with Crippen molar-refractivity contribution in [1.82, 2.24) is 15.0 Å². The predicted molar refractivity (Wildman–Crippen MR) is 87.0 cm³/mol. The maximum Gasteiger partial charge on any atom is 0.232 e. The van der Waals surface area contributed by atoms with Crippen LogP contribution in [0.4, 0.5) is 0 Å². The molecule has 122 valence electrons. The molecule has 1 atom stereocenters. The molecule has 1 aromatic carbocycles. The minimum atomic E-state index is -0.147. The van der Waals surface area contributed by atoms with E-state index >= 15 is 0 Å². The fraction of sp³-hybridized carbons (Fsp3) is 0.500. The summed E-state index contributed by atoms with van der Waals surface area (Å²) in [5, 5.41) is 4.06. The van der Waals surface area contributed by atoms with E-state index in [9.17, 15) is 4.79 Å². The summed E-state index contributed by atoms with van der Waals surface area (Å²) in [4.78, 5) is 18.7. The first-order valence-corrected chi connectivity index (χ1v) is 8.00. The average molecular weight is 313 g/mol. The van der Waals surface area contributed by atoms with E-state index < -0.39 is 0 Å². The molecule has 0 spiro atoms. The molecule has 1 aliphatic rings. The largest absolute Gasteiger partial charge is 0.339 e. The topological polar surface area (TPSA) is 59.2 Å². The van der Waals surface area contributed by atoms with Crippen molar-refractivity contribution in [3.63, 3.8) is 0 Å². The van der Waals surface area contributed by atoms with E-state index in [0.717, 1.165) is 5.56 Å². The van der Waals surface area contributed by atoms with E-state index in [1.807, 2.05) is 31.7 Å². The lowest BCUT2D eigenvalue weighted by atomic mass is 9.96. The molecule has 0 bridgehead atoms. The Hall–Kier alpha value is -2.17. The number of benzene rings is 1. The predicted octanol–water partition coefficient (Wildman–Crippen LogP) is 3.19. The molecular weight excluding hydrogens is 290 g/mol. The Morgan fingerprint density at radius 1 is 1.35 bits per heavy atom. The summed E-state index contributed by atoms with van der Waals surface area (Å²) in [5.74, 6) is 1.41. The number of nitrogens with zero attached hydrogens (tertiary/aromatic N) is 3.